The third kappa shape index (κ3) is 4.83. The molecular formula is C19H28N2O2. The van der Waals surface area contributed by atoms with Gasteiger partial charge in [-0.25, -0.2) is 0 Å². The van der Waals surface area contributed by atoms with Crippen molar-refractivity contribution in [2.24, 2.45) is 0 Å². The zero-order chi connectivity index (χ0) is 16.7. The molecule has 4 heteroatoms. The van der Waals surface area contributed by atoms with E-state index in [4.69, 9.17) is 4.74 Å². The fourth-order valence-electron chi connectivity index (χ4n) is 3.15. The Morgan fingerprint density at radius 3 is 3.00 bits per heavy atom. The Balaban J connectivity index is 2.12. The highest BCUT2D eigenvalue weighted by Crippen LogP contribution is 2.19. The molecule has 1 fully saturated rings. The van der Waals surface area contributed by atoms with E-state index in [1.807, 2.05) is 29.2 Å². The minimum Gasteiger partial charge on any atom is -0.497 e. The van der Waals surface area contributed by atoms with Gasteiger partial charge < -0.3 is 9.64 Å². The second-order valence-electron chi connectivity index (χ2n) is 6.20. The van der Waals surface area contributed by atoms with Crippen molar-refractivity contribution in [1.29, 1.82) is 0 Å². The molecule has 1 aliphatic rings. The number of methoxy groups -OCH3 is 1. The fourth-order valence-corrected chi connectivity index (χ4v) is 3.15. The predicted molar refractivity (Wildman–Crippen MR) is 93.5 cm³/mol. The molecule has 126 valence electrons. The van der Waals surface area contributed by atoms with Crippen molar-refractivity contribution in [3.63, 3.8) is 0 Å². The number of likely N-dealkylation sites (N-methyl/N-ethyl adjacent to an activating group) is 1. The molecule has 1 saturated heterocycles. The molecule has 0 unspecified atom stereocenters. The normalized spacial score (nSPS) is 19.0. The monoisotopic (exact) mass is 316 g/mol. The van der Waals surface area contributed by atoms with Crippen LogP contribution in [-0.4, -0.2) is 49.0 Å². The molecule has 1 aromatic rings. The van der Waals surface area contributed by atoms with Crippen LogP contribution in [0.3, 0.4) is 0 Å². The molecule has 23 heavy (non-hydrogen) atoms. The van der Waals surface area contributed by atoms with Crippen molar-refractivity contribution < 1.29 is 9.53 Å². The number of ether oxygens (including phenoxy) is 1. The first kappa shape index (κ1) is 17.5. The minimum atomic E-state index is -0.0111. The summed E-state index contributed by atoms with van der Waals surface area (Å²) in [5.41, 5.74) is 1.08. The number of likely N-dealkylation sites (tertiary alicyclic amines) is 1. The molecule has 0 aromatic heterocycles. The van der Waals surface area contributed by atoms with Crippen LogP contribution in [0.5, 0.6) is 5.75 Å². The molecule has 0 radical (unpaired) electrons. The summed E-state index contributed by atoms with van der Waals surface area (Å²) in [5.74, 6) is 1.03. The van der Waals surface area contributed by atoms with Gasteiger partial charge in [-0.3, -0.25) is 9.69 Å². The van der Waals surface area contributed by atoms with Crippen LogP contribution in [0, 0.1) is 0 Å². The molecule has 2 rings (SSSR count). The van der Waals surface area contributed by atoms with E-state index < -0.39 is 0 Å². The van der Waals surface area contributed by atoms with E-state index in [0.29, 0.717) is 13.1 Å². The van der Waals surface area contributed by atoms with Crippen molar-refractivity contribution in [2.75, 3.05) is 27.2 Å². The van der Waals surface area contributed by atoms with Crippen molar-refractivity contribution >= 4 is 5.91 Å². The SMILES string of the molecule is C=CCN(Cc1cccc(OC)c1)C(=O)[C@H]1CCCCCN1C. The third-order valence-corrected chi connectivity index (χ3v) is 4.47. The number of hydrogen-bond acceptors (Lipinski definition) is 3. The molecular weight excluding hydrogens is 288 g/mol. The van der Waals surface area contributed by atoms with E-state index in [2.05, 4.69) is 18.5 Å². The number of benzene rings is 1. The van der Waals surface area contributed by atoms with Crippen LogP contribution in [0.25, 0.3) is 0 Å². The Bertz CT molecular complexity index is 530. The number of carbonyl (C=O) groups is 1. The van der Waals surface area contributed by atoms with Crippen LogP contribution >= 0.6 is 0 Å². The van der Waals surface area contributed by atoms with Gasteiger partial charge in [-0.2, -0.15) is 0 Å². The zero-order valence-electron chi connectivity index (χ0n) is 14.3. The van der Waals surface area contributed by atoms with Crippen LogP contribution in [0.4, 0.5) is 0 Å². The predicted octanol–water partition coefficient (Wildman–Crippen LogP) is 3.08. The van der Waals surface area contributed by atoms with E-state index in [1.165, 1.54) is 12.8 Å². The first-order valence-corrected chi connectivity index (χ1v) is 8.38. The third-order valence-electron chi connectivity index (χ3n) is 4.47. The average Bonchev–Trinajstić information content (AvgIpc) is 2.78. The highest BCUT2D eigenvalue weighted by atomic mass is 16.5. The van der Waals surface area contributed by atoms with Gasteiger partial charge in [-0.05, 0) is 44.1 Å². The highest BCUT2D eigenvalue weighted by Gasteiger charge is 2.28. The lowest BCUT2D eigenvalue weighted by atomic mass is 10.1. The molecule has 1 aliphatic heterocycles. The summed E-state index contributed by atoms with van der Waals surface area (Å²) in [6.07, 6.45) is 6.26. The van der Waals surface area contributed by atoms with Gasteiger partial charge in [0, 0.05) is 13.1 Å². The summed E-state index contributed by atoms with van der Waals surface area (Å²) in [5, 5.41) is 0. The van der Waals surface area contributed by atoms with Gasteiger partial charge >= 0.3 is 0 Å². The average molecular weight is 316 g/mol. The molecule has 0 N–H and O–H groups in total. The largest absolute Gasteiger partial charge is 0.497 e. The number of hydrogen-bond donors (Lipinski definition) is 0. The van der Waals surface area contributed by atoms with Crippen molar-refractivity contribution in [2.45, 2.75) is 38.3 Å². The lowest BCUT2D eigenvalue weighted by Crippen LogP contribution is -2.46. The second-order valence-corrected chi connectivity index (χ2v) is 6.20. The van der Waals surface area contributed by atoms with Gasteiger partial charge in [-0.1, -0.05) is 31.1 Å². The fraction of sp³-hybridized carbons (Fsp3) is 0.526. The van der Waals surface area contributed by atoms with E-state index in [-0.39, 0.29) is 11.9 Å². The number of nitrogens with zero attached hydrogens (tertiary/aromatic N) is 2. The van der Waals surface area contributed by atoms with Gasteiger partial charge in [0.05, 0.1) is 13.2 Å². The minimum absolute atomic E-state index is 0.0111. The summed E-state index contributed by atoms with van der Waals surface area (Å²) >= 11 is 0. The maximum Gasteiger partial charge on any atom is 0.240 e. The van der Waals surface area contributed by atoms with Crippen molar-refractivity contribution in [1.82, 2.24) is 9.80 Å². The van der Waals surface area contributed by atoms with Crippen LogP contribution in [0.1, 0.15) is 31.2 Å². The Hall–Kier alpha value is -1.81. The maximum atomic E-state index is 13.0. The lowest BCUT2D eigenvalue weighted by Gasteiger charge is -2.31. The van der Waals surface area contributed by atoms with Crippen molar-refractivity contribution in [3.05, 3.63) is 42.5 Å². The highest BCUT2D eigenvalue weighted by molar-refractivity contribution is 5.82. The molecule has 1 heterocycles. The maximum absolute atomic E-state index is 13.0. The van der Waals surface area contributed by atoms with Crippen LogP contribution in [-0.2, 0) is 11.3 Å². The van der Waals surface area contributed by atoms with Gasteiger partial charge in [0.15, 0.2) is 0 Å². The standard InChI is InChI=1S/C19H28N2O2/c1-4-12-21(15-16-9-8-10-17(14-16)23-3)19(22)18-11-6-5-7-13-20(18)2/h4,8-10,14,18H,1,5-7,11-13,15H2,2-3H3/t18-/m1/s1. The van der Waals surface area contributed by atoms with Gasteiger partial charge in [0.25, 0.3) is 0 Å². The quantitative estimate of drug-likeness (QED) is 0.756. The van der Waals surface area contributed by atoms with E-state index in [1.54, 1.807) is 13.2 Å². The Morgan fingerprint density at radius 1 is 1.43 bits per heavy atom. The second kappa shape index (κ2) is 8.73. The molecule has 1 atom stereocenters. The number of amides is 1. The summed E-state index contributed by atoms with van der Waals surface area (Å²) < 4.78 is 5.27. The Morgan fingerprint density at radius 2 is 2.26 bits per heavy atom. The van der Waals surface area contributed by atoms with E-state index in [0.717, 1.165) is 30.7 Å². The first-order valence-electron chi connectivity index (χ1n) is 8.38. The smallest absolute Gasteiger partial charge is 0.240 e. The molecule has 0 bridgehead atoms. The molecule has 0 aliphatic carbocycles. The first-order chi connectivity index (χ1) is 11.2. The molecule has 0 spiro atoms. The topological polar surface area (TPSA) is 32.8 Å². The molecule has 0 saturated carbocycles. The summed E-state index contributed by atoms with van der Waals surface area (Å²) in [6, 6.07) is 7.89. The van der Waals surface area contributed by atoms with Gasteiger partial charge in [0.2, 0.25) is 5.91 Å². The van der Waals surface area contributed by atoms with E-state index in [9.17, 15) is 4.79 Å². The number of rotatable bonds is 6. The summed E-state index contributed by atoms with van der Waals surface area (Å²) in [4.78, 5) is 17.1. The molecule has 4 nitrogen and oxygen atoms in total. The molecule has 1 amide bonds. The Kier molecular flexibility index (Phi) is 6.66. The van der Waals surface area contributed by atoms with E-state index >= 15 is 0 Å². The zero-order valence-corrected chi connectivity index (χ0v) is 14.3. The van der Waals surface area contributed by atoms with Crippen LogP contribution < -0.4 is 4.74 Å². The number of carbonyl (C=O) groups excluding carboxylic acids is 1. The lowest BCUT2D eigenvalue weighted by molar-refractivity contribution is -0.136. The molecule has 1 aromatic carbocycles. The van der Waals surface area contributed by atoms with Gasteiger partial charge in [0.1, 0.15) is 5.75 Å². The Labute approximate surface area is 139 Å². The summed E-state index contributed by atoms with van der Waals surface area (Å²) in [6.45, 7) is 5.97. The van der Waals surface area contributed by atoms with Gasteiger partial charge in [-0.15, -0.1) is 6.58 Å². The van der Waals surface area contributed by atoms with Crippen molar-refractivity contribution in [3.8, 4) is 5.75 Å². The summed E-state index contributed by atoms with van der Waals surface area (Å²) in [7, 11) is 3.72. The van der Waals surface area contributed by atoms with Crippen LogP contribution in [0.15, 0.2) is 36.9 Å². The van der Waals surface area contributed by atoms with Crippen LogP contribution in [0.2, 0.25) is 0 Å².